The van der Waals surface area contributed by atoms with Crippen LogP contribution in [0.2, 0.25) is 0 Å². The van der Waals surface area contributed by atoms with Crippen LogP contribution in [0.3, 0.4) is 0 Å². The van der Waals surface area contributed by atoms with E-state index >= 15 is 0 Å². The Balaban J connectivity index is 2.35. The quantitative estimate of drug-likeness (QED) is 0.335. The molecule has 1 fully saturated rings. The fraction of sp³-hybridized carbons (Fsp3) is 1.00. The molecule has 18 heavy (non-hydrogen) atoms. The van der Waals surface area contributed by atoms with Crippen LogP contribution >= 0.6 is 0 Å². The van der Waals surface area contributed by atoms with Crippen molar-refractivity contribution in [2.45, 2.75) is 50.0 Å². The van der Waals surface area contributed by atoms with E-state index < -0.39 is 37.3 Å². The molecule has 7 heteroatoms. The highest BCUT2D eigenvalue weighted by Gasteiger charge is 2.44. The van der Waals surface area contributed by atoms with Crippen LogP contribution in [0.5, 0.6) is 0 Å². The van der Waals surface area contributed by atoms with Crippen LogP contribution < -0.4 is 5.73 Å². The number of nitrogens with two attached hydrogens (primary N) is 1. The maximum atomic E-state index is 9.77. The standard InChI is InChI=1S/C11H23NO6/c12-4-2-1-3-5-17-10-9(15)8(14)7(6-13)18-11(10)16/h7-11,13-16H,1-6,12H2/t7-,8-,9+,10-,11-/m1/s1. The molecule has 0 bridgehead atoms. The third kappa shape index (κ3) is 4.13. The summed E-state index contributed by atoms with van der Waals surface area (Å²) in [7, 11) is 0. The molecule has 0 unspecified atom stereocenters. The van der Waals surface area contributed by atoms with Crippen LogP contribution in [0.1, 0.15) is 19.3 Å². The average molecular weight is 265 g/mol. The minimum Gasteiger partial charge on any atom is -0.394 e. The van der Waals surface area contributed by atoms with Crippen molar-refractivity contribution in [3.8, 4) is 0 Å². The summed E-state index contributed by atoms with van der Waals surface area (Å²) < 4.78 is 10.3. The average Bonchev–Trinajstić information content (AvgIpc) is 2.37. The first-order valence-electron chi connectivity index (χ1n) is 6.24. The molecule has 1 rings (SSSR count). The van der Waals surface area contributed by atoms with Crippen molar-refractivity contribution < 1.29 is 29.9 Å². The van der Waals surface area contributed by atoms with E-state index in [0.29, 0.717) is 13.2 Å². The zero-order valence-corrected chi connectivity index (χ0v) is 10.3. The molecule has 108 valence electrons. The fourth-order valence-electron chi connectivity index (χ4n) is 1.89. The Morgan fingerprint density at radius 1 is 1.06 bits per heavy atom. The molecule has 0 aromatic rings. The highest BCUT2D eigenvalue weighted by atomic mass is 16.7. The number of ether oxygens (including phenoxy) is 2. The van der Waals surface area contributed by atoms with Gasteiger partial charge in [-0.3, -0.25) is 0 Å². The molecular formula is C11H23NO6. The molecule has 0 aromatic heterocycles. The molecule has 1 aliphatic heterocycles. The highest BCUT2D eigenvalue weighted by Crippen LogP contribution is 2.22. The third-order valence-corrected chi connectivity index (χ3v) is 3.00. The van der Waals surface area contributed by atoms with Gasteiger partial charge in [0.15, 0.2) is 6.29 Å². The summed E-state index contributed by atoms with van der Waals surface area (Å²) in [6, 6.07) is 0. The molecule has 0 radical (unpaired) electrons. The Kier molecular flexibility index (Phi) is 7.02. The fourth-order valence-corrected chi connectivity index (χ4v) is 1.89. The zero-order chi connectivity index (χ0) is 13.5. The lowest BCUT2D eigenvalue weighted by Crippen LogP contribution is -2.59. The minimum absolute atomic E-state index is 0.346. The second kappa shape index (κ2) is 8.00. The van der Waals surface area contributed by atoms with E-state index in [1.807, 2.05) is 0 Å². The summed E-state index contributed by atoms with van der Waals surface area (Å²) in [5, 5.41) is 37.9. The summed E-state index contributed by atoms with van der Waals surface area (Å²) >= 11 is 0. The molecule has 1 saturated heterocycles. The summed E-state index contributed by atoms with van der Waals surface area (Å²) in [6.07, 6.45) is -3.34. The molecule has 0 saturated carbocycles. The van der Waals surface area contributed by atoms with Gasteiger partial charge in [0.2, 0.25) is 0 Å². The van der Waals surface area contributed by atoms with Gasteiger partial charge in [-0.1, -0.05) is 0 Å². The lowest BCUT2D eigenvalue weighted by molar-refractivity contribution is -0.296. The maximum Gasteiger partial charge on any atom is 0.184 e. The molecule has 0 aromatic carbocycles. The van der Waals surface area contributed by atoms with Gasteiger partial charge in [0.25, 0.3) is 0 Å². The number of hydrogen-bond acceptors (Lipinski definition) is 7. The third-order valence-electron chi connectivity index (χ3n) is 3.00. The van der Waals surface area contributed by atoms with E-state index in [0.717, 1.165) is 19.3 Å². The van der Waals surface area contributed by atoms with Crippen molar-refractivity contribution in [2.75, 3.05) is 19.8 Å². The molecule has 7 nitrogen and oxygen atoms in total. The number of rotatable bonds is 7. The topological polar surface area (TPSA) is 125 Å². The molecule has 5 atom stereocenters. The van der Waals surface area contributed by atoms with Crippen LogP contribution in [0.4, 0.5) is 0 Å². The number of aliphatic hydroxyl groups excluding tert-OH is 4. The van der Waals surface area contributed by atoms with Crippen LogP contribution in [0.25, 0.3) is 0 Å². The van der Waals surface area contributed by atoms with Gasteiger partial charge < -0.3 is 35.6 Å². The second-order valence-corrected chi connectivity index (χ2v) is 4.41. The lowest BCUT2D eigenvalue weighted by Gasteiger charge is -2.39. The SMILES string of the molecule is NCCCCCO[C@@H]1[C@@H](O)[C@H](O)[C@@H](CO)O[C@H]1O. The van der Waals surface area contributed by atoms with E-state index in [1.54, 1.807) is 0 Å². The monoisotopic (exact) mass is 265 g/mol. The Bertz CT molecular complexity index is 230. The van der Waals surface area contributed by atoms with E-state index in [4.69, 9.17) is 20.3 Å². The van der Waals surface area contributed by atoms with Gasteiger partial charge in [0.05, 0.1) is 6.61 Å². The molecule has 1 heterocycles. The van der Waals surface area contributed by atoms with Crippen molar-refractivity contribution in [1.82, 2.24) is 0 Å². The first kappa shape index (κ1) is 15.8. The highest BCUT2D eigenvalue weighted by molar-refractivity contribution is 4.89. The predicted molar refractivity (Wildman–Crippen MR) is 62.6 cm³/mol. The Labute approximate surface area is 106 Å². The van der Waals surface area contributed by atoms with Crippen molar-refractivity contribution in [2.24, 2.45) is 5.73 Å². The molecule has 6 N–H and O–H groups in total. The second-order valence-electron chi connectivity index (χ2n) is 4.41. The number of unbranched alkanes of at least 4 members (excludes halogenated alkanes) is 2. The van der Waals surface area contributed by atoms with Gasteiger partial charge >= 0.3 is 0 Å². The predicted octanol–water partition coefficient (Wildman–Crippen LogP) is -2.07. The summed E-state index contributed by atoms with van der Waals surface area (Å²) in [6.45, 7) is 0.492. The Hall–Kier alpha value is -0.280. The van der Waals surface area contributed by atoms with E-state index in [9.17, 15) is 15.3 Å². The molecular weight excluding hydrogens is 242 g/mol. The number of aliphatic hydroxyl groups is 4. The van der Waals surface area contributed by atoms with Crippen LogP contribution in [0.15, 0.2) is 0 Å². The van der Waals surface area contributed by atoms with Gasteiger partial charge in [-0.25, -0.2) is 0 Å². The molecule has 0 aliphatic carbocycles. The summed E-state index contributed by atoms with van der Waals surface area (Å²) in [5.41, 5.74) is 5.35. The molecule has 1 aliphatic rings. The van der Waals surface area contributed by atoms with Crippen molar-refractivity contribution >= 4 is 0 Å². The summed E-state index contributed by atoms with van der Waals surface area (Å²) in [4.78, 5) is 0. The smallest absolute Gasteiger partial charge is 0.184 e. The van der Waals surface area contributed by atoms with E-state index in [1.165, 1.54) is 0 Å². The van der Waals surface area contributed by atoms with Gasteiger partial charge in [-0.2, -0.15) is 0 Å². The van der Waals surface area contributed by atoms with Crippen LogP contribution in [-0.2, 0) is 9.47 Å². The molecule has 0 amide bonds. The van der Waals surface area contributed by atoms with E-state index in [-0.39, 0.29) is 0 Å². The van der Waals surface area contributed by atoms with Crippen molar-refractivity contribution in [3.05, 3.63) is 0 Å². The first-order valence-corrected chi connectivity index (χ1v) is 6.24. The minimum atomic E-state index is -1.35. The largest absolute Gasteiger partial charge is 0.394 e. The Morgan fingerprint density at radius 2 is 1.78 bits per heavy atom. The lowest BCUT2D eigenvalue weighted by atomic mass is 9.99. The molecule has 0 spiro atoms. The van der Waals surface area contributed by atoms with Gasteiger partial charge in [0.1, 0.15) is 24.4 Å². The first-order chi connectivity index (χ1) is 8.61. The van der Waals surface area contributed by atoms with Crippen LogP contribution in [-0.4, -0.2) is 70.9 Å². The Morgan fingerprint density at radius 3 is 2.39 bits per heavy atom. The van der Waals surface area contributed by atoms with E-state index in [2.05, 4.69) is 0 Å². The maximum absolute atomic E-state index is 9.77. The zero-order valence-electron chi connectivity index (χ0n) is 10.3. The van der Waals surface area contributed by atoms with Gasteiger partial charge in [-0.05, 0) is 25.8 Å². The normalized spacial score (nSPS) is 36.8. The summed E-state index contributed by atoms with van der Waals surface area (Å²) in [5.74, 6) is 0. The van der Waals surface area contributed by atoms with Crippen molar-refractivity contribution in [3.63, 3.8) is 0 Å². The van der Waals surface area contributed by atoms with Gasteiger partial charge in [0, 0.05) is 6.61 Å². The van der Waals surface area contributed by atoms with Gasteiger partial charge in [-0.15, -0.1) is 0 Å². The van der Waals surface area contributed by atoms with Crippen molar-refractivity contribution in [1.29, 1.82) is 0 Å². The number of hydrogen-bond donors (Lipinski definition) is 5. The van der Waals surface area contributed by atoms with Crippen LogP contribution in [0, 0.1) is 0 Å².